The van der Waals surface area contributed by atoms with Crippen LogP contribution in [0.4, 0.5) is 0 Å². The Morgan fingerprint density at radius 1 is 1.24 bits per heavy atom. The number of carbonyl (C=O) groups is 1. The van der Waals surface area contributed by atoms with Gasteiger partial charge in [-0.15, -0.1) is 0 Å². The number of Topliss-reactive ketones (excluding diaryl/α,β-unsaturated/α-hetero) is 1. The van der Waals surface area contributed by atoms with Crippen LogP contribution in [-0.2, 0) is 20.7 Å². The van der Waals surface area contributed by atoms with Gasteiger partial charge in [-0.2, -0.15) is 0 Å². The van der Waals surface area contributed by atoms with Gasteiger partial charge in [0.05, 0.1) is 0 Å². The van der Waals surface area contributed by atoms with Crippen molar-refractivity contribution in [1.29, 1.82) is 0 Å². The lowest BCUT2D eigenvalue weighted by Crippen LogP contribution is -2.29. The Hall–Kier alpha value is -0.710. The van der Waals surface area contributed by atoms with Crippen molar-refractivity contribution in [2.75, 3.05) is 13.2 Å². The van der Waals surface area contributed by atoms with E-state index in [0.29, 0.717) is 19.6 Å². The molecule has 0 N–H and O–H groups in total. The Kier molecular flexibility index (Phi) is 6.40. The lowest BCUT2D eigenvalue weighted by atomic mass is 10.1. The molecule has 0 aliphatic carbocycles. The first-order valence-electron chi connectivity index (χ1n) is 5.68. The summed E-state index contributed by atoms with van der Waals surface area (Å²) in [5, 5.41) is 0. The Bertz CT molecular complexity index is 359. The highest BCUT2D eigenvalue weighted by atomic mass is 79.9. The number of hydrogen-bond donors (Lipinski definition) is 0. The molecule has 1 aromatic carbocycles. The average Bonchev–Trinajstić information content (AvgIpc) is 2.32. The van der Waals surface area contributed by atoms with Crippen LogP contribution >= 0.6 is 15.9 Å². The zero-order valence-electron chi connectivity index (χ0n) is 10.1. The van der Waals surface area contributed by atoms with Gasteiger partial charge in [0.15, 0.2) is 5.78 Å². The highest BCUT2D eigenvalue weighted by Crippen LogP contribution is 2.17. The maximum absolute atomic E-state index is 12.0. The van der Waals surface area contributed by atoms with E-state index in [4.69, 9.17) is 9.47 Å². The molecule has 1 rings (SSSR count). The monoisotopic (exact) mass is 300 g/mol. The molecule has 1 aromatic rings. The van der Waals surface area contributed by atoms with Gasteiger partial charge < -0.3 is 9.47 Å². The second-order valence-corrected chi connectivity index (χ2v) is 4.33. The summed E-state index contributed by atoms with van der Waals surface area (Å²) in [5.74, 6) is -0.0550. The molecule has 17 heavy (non-hydrogen) atoms. The van der Waals surface area contributed by atoms with E-state index in [0.717, 1.165) is 10.0 Å². The van der Waals surface area contributed by atoms with Crippen molar-refractivity contribution in [2.45, 2.75) is 26.6 Å². The fourth-order valence-electron chi connectivity index (χ4n) is 1.45. The van der Waals surface area contributed by atoms with Gasteiger partial charge in [0.25, 0.3) is 0 Å². The molecule has 0 aromatic heterocycles. The molecule has 0 heterocycles. The van der Waals surface area contributed by atoms with Crippen molar-refractivity contribution in [3.63, 3.8) is 0 Å². The van der Waals surface area contributed by atoms with Gasteiger partial charge in [-0.1, -0.05) is 34.1 Å². The van der Waals surface area contributed by atoms with E-state index in [1.165, 1.54) is 0 Å². The van der Waals surface area contributed by atoms with E-state index in [1.54, 1.807) is 0 Å². The van der Waals surface area contributed by atoms with Gasteiger partial charge in [0.1, 0.15) is 0 Å². The average molecular weight is 301 g/mol. The van der Waals surface area contributed by atoms with Crippen molar-refractivity contribution in [3.8, 4) is 0 Å². The van der Waals surface area contributed by atoms with E-state index < -0.39 is 6.29 Å². The molecule has 0 atom stereocenters. The smallest absolute Gasteiger partial charge is 0.218 e. The molecule has 0 amide bonds. The van der Waals surface area contributed by atoms with Gasteiger partial charge in [0.2, 0.25) is 6.29 Å². The first kappa shape index (κ1) is 14.4. The van der Waals surface area contributed by atoms with E-state index in [9.17, 15) is 4.79 Å². The Balaban J connectivity index is 2.66. The van der Waals surface area contributed by atoms with Crippen molar-refractivity contribution in [2.24, 2.45) is 0 Å². The van der Waals surface area contributed by atoms with Crippen LogP contribution in [-0.4, -0.2) is 25.3 Å². The minimum atomic E-state index is -0.753. The summed E-state index contributed by atoms with van der Waals surface area (Å²) < 4.78 is 11.5. The second-order valence-electron chi connectivity index (χ2n) is 3.48. The molecule has 0 saturated carbocycles. The number of hydrogen-bond acceptors (Lipinski definition) is 3. The standard InChI is InChI=1S/C13H17BrO3/c1-3-16-13(17-4-2)12(15)9-10-7-5-6-8-11(10)14/h5-8,13H,3-4,9H2,1-2H3. The van der Waals surface area contributed by atoms with Crippen molar-refractivity contribution in [3.05, 3.63) is 34.3 Å². The van der Waals surface area contributed by atoms with Crippen LogP contribution in [0.5, 0.6) is 0 Å². The Morgan fingerprint density at radius 2 is 1.82 bits per heavy atom. The first-order chi connectivity index (χ1) is 8.19. The molecular weight excluding hydrogens is 284 g/mol. The number of carbonyl (C=O) groups excluding carboxylic acids is 1. The minimum Gasteiger partial charge on any atom is -0.346 e. The Labute approximate surface area is 110 Å². The summed E-state index contributed by atoms with van der Waals surface area (Å²) in [6, 6.07) is 7.65. The summed E-state index contributed by atoms with van der Waals surface area (Å²) in [5.41, 5.74) is 0.946. The van der Waals surface area contributed by atoms with Crippen molar-refractivity contribution < 1.29 is 14.3 Å². The normalized spacial score (nSPS) is 10.8. The van der Waals surface area contributed by atoms with Gasteiger partial charge in [-0.25, -0.2) is 0 Å². The number of ether oxygens (including phenoxy) is 2. The summed E-state index contributed by atoms with van der Waals surface area (Å²) in [4.78, 5) is 12.0. The SMILES string of the molecule is CCOC(OCC)C(=O)Cc1ccccc1Br. The quantitative estimate of drug-likeness (QED) is 0.726. The molecule has 3 nitrogen and oxygen atoms in total. The number of benzene rings is 1. The molecule has 0 unspecified atom stereocenters. The summed E-state index contributed by atoms with van der Waals surface area (Å²) in [7, 11) is 0. The van der Waals surface area contributed by atoms with Crippen LogP contribution in [0.25, 0.3) is 0 Å². The predicted molar refractivity (Wildman–Crippen MR) is 69.9 cm³/mol. The zero-order chi connectivity index (χ0) is 12.7. The van der Waals surface area contributed by atoms with E-state index in [2.05, 4.69) is 15.9 Å². The van der Waals surface area contributed by atoms with Crippen molar-refractivity contribution >= 4 is 21.7 Å². The number of halogens is 1. The minimum absolute atomic E-state index is 0.0550. The highest BCUT2D eigenvalue weighted by molar-refractivity contribution is 9.10. The van der Waals surface area contributed by atoms with Gasteiger partial charge in [-0.05, 0) is 25.5 Å². The highest BCUT2D eigenvalue weighted by Gasteiger charge is 2.19. The molecule has 4 heteroatoms. The fraction of sp³-hybridized carbons (Fsp3) is 0.462. The summed E-state index contributed by atoms with van der Waals surface area (Å²) in [6.07, 6.45) is -0.441. The fourth-order valence-corrected chi connectivity index (χ4v) is 1.87. The molecule has 94 valence electrons. The summed E-state index contributed by atoms with van der Waals surface area (Å²) in [6.45, 7) is 4.62. The molecule has 0 saturated heterocycles. The van der Waals surface area contributed by atoms with Crippen LogP contribution < -0.4 is 0 Å². The third-order valence-electron chi connectivity index (χ3n) is 2.22. The largest absolute Gasteiger partial charge is 0.346 e. The maximum Gasteiger partial charge on any atom is 0.218 e. The molecule has 0 fully saturated rings. The van der Waals surface area contributed by atoms with Crippen molar-refractivity contribution in [1.82, 2.24) is 0 Å². The third kappa shape index (κ3) is 4.58. The number of rotatable bonds is 7. The van der Waals surface area contributed by atoms with E-state index in [1.807, 2.05) is 38.1 Å². The topological polar surface area (TPSA) is 35.5 Å². The predicted octanol–water partition coefficient (Wildman–Crippen LogP) is 2.96. The van der Waals surface area contributed by atoms with Crippen LogP contribution in [0.3, 0.4) is 0 Å². The molecular formula is C13H17BrO3. The zero-order valence-corrected chi connectivity index (χ0v) is 11.7. The van der Waals surface area contributed by atoms with Gasteiger partial charge in [-0.3, -0.25) is 4.79 Å². The summed E-state index contributed by atoms with van der Waals surface area (Å²) >= 11 is 3.42. The van der Waals surface area contributed by atoms with Crippen LogP contribution in [0.15, 0.2) is 28.7 Å². The third-order valence-corrected chi connectivity index (χ3v) is 3.00. The van der Waals surface area contributed by atoms with Crippen LogP contribution in [0.1, 0.15) is 19.4 Å². The van der Waals surface area contributed by atoms with Gasteiger partial charge in [0, 0.05) is 24.1 Å². The second kappa shape index (κ2) is 7.58. The number of ketones is 1. The van der Waals surface area contributed by atoms with E-state index in [-0.39, 0.29) is 5.78 Å². The maximum atomic E-state index is 12.0. The van der Waals surface area contributed by atoms with E-state index >= 15 is 0 Å². The Morgan fingerprint density at radius 3 is 2.35 bits per heavy atom. The van der Waals surface area contributed by atoms with Crippen LogP contribution in [0, 0.1) is 0 Å². The molecule has 0 radical (unpaired) electrons. The van der Waals surface area contributed by atoms with Crippen LogP contribution in [0.2, 0.25) is 0 Å². The lowest BCUT2D eigenvalue weighted by Gasteiger charge is -2.15. The van der Waals surface area contributed by atoms with Gasteiger partial charge >= 0.3 is 0 Å². The first-order valence-corrected chi connectivity index (χ1v) is 6.47. The molecule has 0 spiro atoms. The lowest BCUT2D eigenvalue weighted by molar-refractivity contribution is -0.167. The molecule has 0 bridgehead atoms. The molecule has 0 aliphatic rings. The molecule has 0 aliphatic heterocycles.